The number of hydrogen-bond donors (Lipinski definition) is 0. The Labute approximate surface area is 851 Å². The van der Waals surface area contributed by atoms with E-state index in [0.717, 1.165) is 149 Å². The number of nitrogens with zero attached hydrogens (tertiary/aromatic N) is 12. The molecular weight excluding hydrogens is 1810 g/mol. The van der Waals surface area contributed by atoms with E-state index in [1.54, 1.807) is 0 Å². The lowest BCUT2D eigenvalue weighted by Gasteiger charge is -2.13. The molecule has 7 aromatic heterocycles. The highest BCUT2D eigenvalue weighted by atomic mass is 16.3. The molecule has 0 spiro atoms. The maximum atomic E-state index is 6.55. The summed E-state index contributed by atoms with van der Waals surface area (Å²) in [6.45, 7) is 0. The molecule has 22 aromatic carbocycles. The van der Waals surface area contributed by atoms with Crippen molar-refractivity contribution in [2.75, 3.05) is 0 Å². The van der Waals surface area contributed by atoms with Gasteiger partial charge in [0, 0.05) is 87.7 Å². The largest absolute Gasteiger partial charge is 0.456 e. The monoisotopic (exact) mass is 1890 g/mol. The topological polar surface area (TPSA) is 144 Å². The highest BCUT2D eigenvalue weighted by Gasteiger charge is 2.25. The second kappa shape index (κ2) is 37.4. The van der Waals surface area contributed by atoms with Gasteiger partial charge in [-0.3, -0.25) is 9.13 Å². The fourth-order valence-electron chi connectivity index (χ4n) is 21.2. The van der Waals surface area contributed by atoms with E-state index in [2.05, 4.69) is 426 Å². The normalized spacial score (nSPS) is 11.5. The first-order valence-corrected chi connectivity index (χ1v) is 49.7. The first kappa shape index (κ1) is 86.9. The standard InChI is InChI=1S/C45H29N5.C45H28N4O.C45H29N3/c1-2-13-30(14-3-1)31-25-27-32(28-26-31)43-46-44(48-45(47-43)50-41-23-10-6-19-37(41)38-20-7-11-24-42(38)50)33-15-12-16-34(29-33)49-39-21-8-4-17-35(39)36-18-5-9-22-40(36)49;1-3-13-29(14-4-1)31-17-11-18-32(27-31)34-21-12-24-40-42(34)37-26-25-33(28-41(37)50-40)44-46-43(30-15-5-2-6-16-30)47-45(48-44)49-38-22-9-7-19-35(38)36-20-8-10-23-39(36)49;1-3-13-30(14-4-1)43-46-44(31-15-5-2-6-16-31)48-45(47-43)36-20-12-19-34(28-36)32-17-11-18-33(27-32)35-25-26-41-39-23-8-7-21-37(39)38-22-9-10-24-40(38)42(41)29-35/h1-29H;1-28H;1-29H. The molecule has 0 saturated carbocycles. The first-order valence-electron chi connectivity index (χ1n) is 49.7. The summed E-state index contributed by atoms with van der Waals surface area (Å²) in [6, 6.07) is 182. The molecule has 692 valence electrons. The quantitative estimate of drug-likeness (QED) is 0.0910. The van der Waals surface area contributed by atoms with Gasteiger partial charge in [0.25, 0.3) is 0 Å². The van der Waals surface area contributed by atoms with Crippen LogP contribution in [0.25, 0.3) is 273 Å². The van der Waals surface area contributed by atoms with Crippen LogP contribution < -0.4 is 0 Å². The maximum Gasteiger partial charge on any atom is 0.238 e. The van der Waals surface area contributed by atoms with Crippen molar-refractivity contribution in [3.8, 4) is 153 Å². The zero-order valence-electron chi connectivity index (χ0n) is 79.9. The average molecular weight is 1890 g/mol. The summed E-state index contributed by atoms with van der Waals surface area (Å²) in [5.41, 5.74) is 27.2. The Morgan fingerprint density at radius 2 is 0.385 bits per heavy atom. The molecular formula is C135H86N12O. The molecule has 0 saturated heterocycles. The molecule has 0 amide bonds. The van der Waals surface area contributed by atoms with E-state index in [-0.39, 0.29) is 0 Å². The fourth-order valence-corrected chi connectivity index (χ4v) is 21.2. The number of aromatic nitrogens is 12. The number of fused-ring (bicyclic) bond motifs is 18. The Kier molecular flexibility index (Phi) is 21.9. The molecule has 0 bridgehead atoms. The minimum Gasteiger partial charge on any atom is -0.456 e. The Hall–Kier alpha value is -20.1. The van der Waals surface area contributed by atoms with Crippen molar-refractivity contribution in [2.45, 2.75) is 0 Å². The summed E-state index contributed by atoms with van der Waals surface area (Å²) in [5.74, 6) is 5.52. The van der Waals surface area contributed by atoms with Crippen molar-refractivity contribution in [2.24, 2.45) is 0 Å². The van der Waals surface area contributed by atoms with E-state index < -0.39 is 0 Å². The van der Waals surface area contributed by atoms with Crippen LogP contribution in [0.3, 0.4) is 0 Å². The van der Waals surface area contributed by atoms with Crippen molar-refractivity contribution in [3.05, 3.63) is 522 Å². The maximum absolute atomic E-state index is 6.55. The number of rotatable bonds is 15. The molecule has 0 aliphatic heterocycles. The van der Waals surface area contributed by atoms with Crippen LogP contribution in [0.15, 0.2) is 526 Å². The Bertz CT molecular complexity index is 9940. The summed E-state index contributed by atoms with van der Waals surface area (Å²) in [5, 5.41) is 16.9. The zero-order chi connectivity index (χ0) is 97.9. The van der Waals surface area contributed by atoms with Gasteiger partial charge in [-0.15, -0.1) is 0 Å². The Balaban J connectivity index is 0.000000110. The van der Waals surface area contributed by atoms with Gasteiger partial charge < -0.3 is 8.98 Å². The van der Waals surface area contributed by atoms with Crippen molar-refractivity contribution >= 4 is 120 Å². The molecule has 0 aliphatic carbocycles. The lowest BCUT2D eigenvalue weighted by molar-refractivity contribution is 0.669. The van der Waals surface area contributed by atoms with Gasteiger partial charge in [-0.05, 0) is 179 Å². The predicted molar refractivity (Wildman–Crippen MR) is 608 cm³/mol. The van der Waals surface area contributed by atoms with Crippen LogP contribution in [0.2, 0.25) is 0 Å². The molecule has 29 rings (SSSR count). The number of hydrogen-bond acceptors (Lipinski definition) is 10. The Morgan fingerprint density at radius 1 is 0.135 bits per heavy atom. The summed E-state index contributed by atoms with van der Waals surface area (Å²) >= 11 is 0. The van der Waals surface area contributed by atoms with Gasteiger partial charge in [-0.25, -0.2) is 24.9 Å². The summed E-state index contributed by atoms with van der Waals surface area (Å²) in [4.78, 5) is 45.5. The van der Waals surface area contributed by atoms with E-state index in [9.17, 15) is 0 Å². The van der Waals surface area contributed by atoms with Gasteiger partial charge in [0.2, 0.25) is 11.9 Å². The van der Waals surface area contributed by atoms with E-state index in [1.807, 2.05) is 109 Å². The third-order valence-electron chi connectivity index (χ3n) is 28.2. The SMILES string of the molecule is c1ccc(-c2ccc(-c3nc(-c4cccc(-n5c6ccccc6c6ccccc65)c4)nc(-n4c5ccccc5c5ccccc54)n3)cc2)cc1.c1ccc(-c2cccc(-c3cccc4oc5cc(-c6nc(-c7ccccc7)nc(-n7c8ccccc8c8ccccc87)n6)ccc5c34)c2)cc1.c1ccc(-c2nc(-c3ccccc3)nc(-c3cccc(-c4cccc(-c5ccc6c7ccccc7c7ccccc7c6c5)c4)c3)n2)cc1. The molecule has 0 aliphatic rings. The third-order valence-corrected chi connectivity index (χ3v) is 28.2. The first-order chi connectivity index (χ1) is 73.4. The molecule has 0 atom stereocenters. The molecule has 148 heavy (non-hydrogen) atoms. The summed E-state index contributed by atoms with van der Waals surface area (Å²) in [6.07, 6.45) is 0. The van der Waals surface area contributed by atoms with Crippen molar-refractivity contribution in [1.82, 2.24) is 58.6 Å². The summed E-state index contributed by atoms with van der Waals surface area (Å²) in [7, 11) is 0. The van der Waals surface area contributed by atoms with Crippen molar-refractivity contribution < 1.29 is 4.42 Å². The van der Waals surface area contributed by atoms with Gasteiger partial charge in [0.1, 0.15) is 11.2 Å². The highest BCUT2D eigenvalue weighted by Crippen LogP contribution is 2.45. The molecule has 13 heteroatoms. The molecule has 7 heterocycles. The fraction of sp³-hybridized carbons (Fsp3) is 0. The van der Waals surface area contributed by atoms with Crippen LogP contribution in [-0.2, 0) is 0 Å². The van der Waals surface area contributed by atoms with Crippen LogP contribution in [0.1, 0.15) is 0 Å². The van der Waals surface area contributed by atoms with E-state index in [4.69, 9.17) is 49.3 Å². The lowest BCUT2D eigenvalue weighted by atomic mass is 9.91. The smallest absolute Gasteiger partial charge is 0.238 e. The summed E-state index contributed by atoms with van der Waals surface area (Å²) < 4.78 is 13.2. The van der Waals surface area contributed by atoms with Gasteiger partial charge in [-0.1, -0.05) is 431 Å². The molecule has 13 nitrogen and oxygen atoms in total. The predicted octanol–water partition coefficient (Wildman–Crippen LogP) is 34.3. The van der Waals surface area contributed by atoms with Crippen LogP contribution >= 0.6 is 0 Å². The van der Waals surface area contributed by atoms with Crippen LogP contribution in [0.4, 0.5) is 0 Å². The molecule has 29 aromatic rings. The van der Waals surface area contributed by atoms with Crippen LogP contribution in [0, 0.1) is 0 Å². The molecule has 0 unspecified atom stereocenters. The highest BCUT2D eigenvalue weighted by molar-refractivity contribution is 6.26. The second-order valence-electron chi connectivity index (χ2n) is 37.0. The number of benzene rings is 22. The van der Waals surface area contributed by atoms with Crippen LogP contribution in [0.5, 0.6) is 0 Å². The second-order valence-corrected chi connectivity index (χ2v) is 37.0. The minimum absolute atomic E-state index is 0.566. The number of para-hydroxylation sites is 6. The van der Waals surface area contributed by atoms with E-state index >= 15 is 0 Å². The van der Waals surface area contributed by atoms with Gasteiger partial charge in [0.05, 0.1) is 33.1 Å². The van der Waals surface area contributed by atoms with Gasteiger partial charge in [0.15, 0.2) is 40.8 Å². The van der Waals surface area contributed by atoms with E-state index in [1.165, 1.54) is 70.9 Å². The van der Waals surface area contributed by atoms with Gasteiger partial charge in [-0.2, -0.15) is 19.9 Å². The molecule has 0 N–H and O–H groups in total. The van der Waals surface area contributed by atoms with Crippen molar-refractivity contribution in [1.29, 1.82) is 0 Å². The van der Waals surface area contributed by atoms with Gasteiger partial charge >= 0.3 is 0 Å². The third kappa shape index (κ3) is 16.0. The lowest BCUT2D eigenvalue weighted by Crippen LogP contribution is -2.06. The zero-order valence-corrected chi connectivity index (χ0v) is 79.9. The van der Waals surface area contributed by atoms with Crippen molar-refractivity contribution in [3.63, 3.8) is 0 Å². The average Bonchev–Trinajstić information content (AvgIpc) is 1.55. The minimum atomic E-state index is 0.566. The van der Waals surface area contributed by atoms with E-state index in [0.29, 0.717) is 52.7 Å². The van der Waals surface area contributed by atoms with Crippen LogP contribution in [-0.4, -0.2) is 58.6 Å². The number of furan rings is 1. The Morgan fingerprint density at radius 3 is 0.824 bits per heavy atom. The molecule has 0 radical (unpaired) electrons. The molecule has 0 fully saturated rings.